The number of ether oxygens (including phenoxy) is 1. The number of aromatic nitrogens is 3. The average molecular weight is 288 g/mol. The van der Waals surface area contributed by atoms with Crippen LogP contribution in [-0.2, 0) is 4.74 Å². The van der Waals surface area contributed by atoms with E-state index in [1.807, 2.05) is 23.7 Å². The Balaban J connectivity index is 1.66. The molecular formula is C16H24N4O. The minimum atomic E-state index is 0.271. The van der Waals surface area contributed by atoms with Crippen molar-refractivity contribution >= 4 is 5.65 Å². The summed E-state index contributed by atoms with van der Waals surface area (Å²) < 4.78 is 7.59. The summed E-state index contributed by atoms with van der Waals surface area (Å²) in [4.78, 5) is 4.51. The number of hydrogen-bond acceptors (Lipinski definition) is 4. The Labute approximate surface area is 125 Å². The van der Waals surface area contributed by atoms with Crippen LogP contribution in [-0.4, -0.2) is 33.9 Å². The van der Waals surface area contributed by atoms with Crippen LogP contribution in [0.15, 0.2) is 12.3 Å². The van der Waals surface area contributed by atoms with Gasteiger partial charge in [-0.25, -0.2) is 9.50 Å². The molecule has 0 aliphatic carbocycles. The number of nitrogens with zero attached hydrogens (tertiary/aromatic N) is 3. The van der Waals surface area contributed by atoms with E-state index in [-0.39, 0.29) is 6.04 Å². The molecule has 2 atom stereocenters. The van der Waals surface area contributed by atoms with Crippen molar-refractivity contribution in [3.63, 3.8) is 0 Å². The molecule has 0 bridgehead atoms. The van der Waals surface area contributed by atoms with Gasteiger partial charge in [0.15, 0.2) is 5.65 Å². The first-order chi connectivity index (χ1) is 10.1. The van der Waals surface area contributed by atoms with Gasteiger partial charge in [-0.05, 0) is 46.6 Å². The maximum atomic E-state index is 5.66. The SMILES string of the molecule is Cc1cc2ncc(C(C)NCCC3CCCO3)c(C)n2n1. The lowest BCUT2D eigenvalue weighted by atomic mass is 10.1. The Morgan fingerprint density at radius 1 is 1.48 bits per heavy atom. The molecule has 0 aromatic carbocycles. The second kappa shape index (κ2) is 6.12. The predicted octanol–water partition coefficient (Wildman–Crippen LogP) is 2.57. The van der Waals surface area contributed by atoms with Gasteiger partial charge in [0.25, 0.3) is 0 Å². The third kappa shape index (κ3) is 3.09. The molecule has 2 aromatic heterocycles. The Morgan fingerprint density at radius 2 is 2.33 bits per heavy atom. The minimum Gasteiger partial charge on any atom is -0.378 e. The second-order valence-corrected chi connectivity index (χ2v) is 5.95. The monoisotopic (exact) mass is 288 g/mol. The molecule has 1 aliphatic rings. The van der Waals surface area contributed by atoms with Crippen LogP contribution < -0.4 is 5.32 Å². The van der Waals surface area contributed by atoms with Crippen LogP contribution >= 0.6 is 0 Å². The zero-order valence-corrected chi connectivity index (χ0v) is 13.1. The molecule has 0 radical (unpaired) electrons. The molecule has 1 fully saturated rings. The molecule has 0 spiro atoms. The molecule has 114 valence electrons. The Hall–Kier alpha value is -1.46. The van der Waals surface area contributed by atoms with Gasteiger partial charge in [-0.15, -0.1) is 0 Å². The van der Waals surface area contributed by atoms with Crippen molar-refractivity contribution in [3.05, 3.63) is 29.2 Å². The molecule has 0 saturated carbocycles. The van der Waals surface area contributed by atoms with Crippen LogP contribution in [0.25, 0.3) is 5.65 Å². The van der Waals surface area contributed by atoms with Gasteiger partial charge in [0.05, 0.1) is 11.8 Å². The van der Waals surface area contributed by atoms with E-state index in [1.54, 1.807) is 0 Å². The van der Waals surface area contributed by atoms with Crippen LogP contribution in [0.3, 0.4) is 0 Å². The lowest BCUT2D eigenvalue weighted by molar-refractivity contribution is 0.103. The van der Waals surface area contributed by atoms with Crippen LogP contribution in [0.1, 0.15) is 49.2 Å². The Bertz CT molecular complexity index is 616. The standard InChI is InChI=1S/C16H24N4O/c1-11-9-16-18-10-15(13(3)20(16)19-11)12(2)17-7-6-14-5-4-8-21-14/h9-10,12,14,17H,4-8H2,1-3H3. The highest BCUT2D eigenvalue weighted by molar-refractivity contribution is 5.42. The number of rotatable bonds is 5. The molecule has 3 heterocycles. The lowest BCUT2D eigenvalue weighted by Crippen LogP contribution is -2.24. The summed E-state index contributed by atoms with van der Waals surface area (Å²) in [7, 11) is 0. The summed E-state index contributed by atoms with van der Waals surface area (Å²) in [5, 5.41) is 8.08. The van der Waals surface area contributed by atoms with Crippen LogP contribution in [0.4, 0.5) is 0 Å². The molecule has 2 unspecified atom stereocenters. The molecule has 5 nitrogen and oxygen atoms in total. The van der Waals surface area contributed by atoms with Crippen molar-refractivity contribution in [3.8, 4) is 0 Å². The van der Waals surface area contributed by atoms with Gasteiger partial charge >= 0.3 is 0 Å². The summed E-state index contributed by atoms with van der Waals surface area (Å²) in [6, 6.07) is 2.28. The maximum absolute atomic E-state index is 5.66. The largest absolute Gasteiger partial charge is 0.378 e. The quantitative estimate of drug-likeness (QED) is 0.918. The molecular weight excluding hydrogens is 264 g/mol. The summed E-state index contributed by atoms with van der Waals surface area (Å²) in [5.41, 5.74) is 4.28. The first kappa shape index (κ1) is 14.5. The van der Waals surface area contributed by atoms with Gasteiger partial charge in [0.2, 0.25) is 0 Å². The smallest absolute Gasteiger partial charge is 0.155 e. The molecule has 3 rings (SSSR count). The maximum Gasteiger partial charge on any atom is 0.155 e. The fourth-order valence-electron chi connectivity index (χ4n) is 3.04. The molecule has 1 N–H and O–H groups in total. The fraction of sp³-hybridized carbons (Fsp3) is 0.625. The highest BCUT2D eigenvalue weighted by atomic mass is 16.5. The predicted molar refractivity (Wildman–Crippen MR) is 82.5 cm³/mol. The molecule has 0 amide bonds. The van der Waals surface area contributed by atoms with E-state index in [0.29, 0.717) is 6.10 Å². The average Bonchev–Trinajstić information content (AvgIpc) is 3.08. The number of hydrogen-bond donors (Lipinski definition) is 1. The topological polar surface area (TPSA) is 51.5 Å². The van der Waals surface area contributed by atoms with Crippen molar-refractivity contribution in [2.75, 3.05) is 13.2 Å². The first-order valence-electron chi connectivity index (χ1n) is 7.82. The van der Waals surface area contributed by atoms with Crippen molar-refractivity contribution < 1.29 is 4.74 Å². The number of fused-ring (bicyclic) bond motifs is 1. The second-order valence-electron chi connectivity index (χ2n) is 5.95. The highest BCUT2D eigenvalue weighted by Crippen LogP contribution is 2.19. The highest BCUT2D eigenvalue weighted by Gasteiger charge is 2.16. The van der Waals surface area contributed by atoms with Gasteiger partial charge in [-0.3, -0.25) is 0 Å². The molecule has 1 aliphatic heterocycles. The number of nitrogens with one attached hydrogen (secondary N) is 1. The molecule has 2 aromatic rings. The fourth-order valence-corrected chi connectivity index (χ4v) is 3.04. The van der Waals surface area contributed by atoms with E-state index in [9.17, 15) is 0 Å². The van der Waals surface area contributed by atoms with E-state index in [0.717, 1.165) is 36.6 Å². The van der Waals surface area contributed by atoms with Crippen molar-refractivity contribution in [1.29, 1.82) is 0 Å². The Morgan fingerprint density at radius 3 is 3.10 bits per heavy atom. The van der Waals surface area contributed by atoms with E-state index in [1.165, 1.54) is 18.4 Å². The van der Waals surface area contributed by atoms with E-state index in [2.05, 4.69) is 29.2 Å². The summed E-state index contributed by atoms with van der Waals surface area (Å²) in [5.74, 6) is 0. The van der Waals surface area contributed by atoms with Crippen LogP contribution in [0.2, 0.25) is 0 Å². The van der Waals surface area contributed by atoms with Gasteiger partial charge in [-0.1, -0.05) is 0 Å². The third-order valence-corrected chi connectivity index (χ3v) is 4.29. The molecule has 1 saturated heterocycles. The van der Waals surface area contributed by atoms with Gasteiger partial charge in [0.1, 0.15) is 0 Å². The summed E-state index contributed by atoms with van der Waals surface area (Å²) in [6.45, 7) is 8.19. The third-order valence-electron chi connectivity index (χ3n) is 4.29. The van der Waals surface area contributed by atoms with Gasteiger partial charge in [-0.2, -0.15) is 5.10 Å². The first-order valence-corrected chi connectivity index (χ1v) is 7.82. The minimum absolute atomic E-state index is 0.271. The van der Waals surface area contributed by atoms with Crippen molar-refractivity contribution in [2.45, 2.75) is 52.2 Å². The van der Waals surface area contributed by atoms with E-state index in [4.69, 9.17) is 4.74 Å². The van der Waals surface area contributed by atoms with E-state index >= 15 is 0 Å². The zero-order chi connectivity index (χ0) is 14.8. The Kier molecular flexibility index (Phi) is 4.22. The van der Waals surface area contributed by atoms with Gasteiger partial charge < -0.3 is 10.1 Å². The molecule has 5 heteroatoms. The zero-order valence-electron chi connectivity index (χ0n) is 13.1. The summed E-state index contributed by atoms with van der Waals surface area (Å²) >= 11 is 0. The lowest BCUT2D eigenvalue weighted by Gasteiger charge is -2.18. The number of aryl methyl sites for hydroxylation is 2. The van der Waals surface area contributed by atoms with Crippen molar-refractivity contribution in [2.24, 2.45) is 0 Å². The van der Waals surface area contributed by atoms with Gasteiger partial charge in [0, 0.05) is 36.2 Å². The summed E-state index contributed by atoms with van der Waals surface area (Å²) in [6.07, 6.45) is 5.91. The molecule has 21 heavy (non-hydrogen) atoms. The normalized spacial score (nSPS) is 20.2. The van der Waals surface area contributed by atoms with Crippen LogP contribution in [0.5, 0.6) is 0 Å². The van der Waals surface area contributed by atoms with Crippen LogP contribution in [0, 0.1) is 13.8 Å². The van der Waals surface area contributed by atoms with Crippen molar-refractivity contribution in [1.82, 2.24) is 19.9 Å². The van der Waals surface area contributed by atoms with E-state index < -0.39 is 0 Å².